The molecule has 2 rings (SSSR count). The third-order valence-corrected chi connectivity index (χ3v) is 3.83. The number of carbonyl (C=O) groups is 3. The Hall–Kier alpha value is -3.76. The first-order valence-corrected chi connectivity index (χ1v) is 10.1. The zero-order chi connectivity index (χ0) is 25.0. The summed E-state index contributed by atoms with van der Waals surface area (Å²) in [7, 11) is 2.94. The lowest BCUT2D eigenvalue weighted by molar-refractivity contribution is 0.0427. The zero-order valence-electron chi connectivity index (χ0n) is 20.1. The molecule has 0 aliphatic heterocycles. The highest BCUT2D eigenvalue weighted by atomic mass is 16.6. The van der Waals surface area contributed by atoms with Crippen molar-refractivity contribution in [2.24, 2.45) is 0 Å². The minimum absolute atomic E-state index is 0.0769. The van der Waals surface area contributed by atoms with Gasteiger partial charge in [-0.25, -0.2) is 19.4 Å². The Morgan fingerprint density at radius 1 is 0.788 bits per heavy atom. The van der Waals surface area contributed by atoms with Crippen molar-refractivity contribution >= 4 is 35.6 Å². The molecule has 2 aromatic heterocycles. The number of nitrogens with zero attached hydrogens (tertiary/aromatic N) is 5. The summed E-state index contributed by atoms with van der Waals surface area (Å²) in [4.78, 5) is 43.7. The van der Waals surface area contributed by atoms with E-state index in [2.05, 4.69) is 15.2 Å². The Labute approximate surface area is 192 Å². The van der Waals surface area contributed by atoms with Gasteiger partial charge in [-0.05, 0) is 65.8 Å². The third kappa shape index (κ3) is 7.13. The Morgan fingerprint density at radius 2 is 1.30 bits per heavy atom. The van der Waals surface area contributed by atoms with Crippen LogP contribution in [0.25, 0.3) is 0 Å². The number of anilines is 3. The maximum absolute atomic E-state index is 12.7. The van der Waals surface area contributed by atoms with Gasteiger partial charge in [0.05, 0.1) is 7.11 Å². The van der Waals surface area contributed by atoms with Gasteiger partial charge in [0.2, 0.25) is 0 Å². The minimum atomic E-state index is -0.945. The normalized spacial score (nSPS) is 11.4. The second kappa shape index (κ2) is 9.80. The van der Waals surface area contributed by atoms with Crippen molar-refractivity contribution in [2.75, 3.05) is 24.0 Å². The van der Waals surface area contributed by atoms with E-state index in [0.29, 0.717) is 16.5 Å². The molecule has 11 nitrogen and oxygen atoms in total. The minimum Gasteiger partial charge on any atom is -0.464 e. The quantitative estimate of drug-likeness (QED) is 0.487. The van der Waals surface area contributed by atoms with Crippen LogP contribution in [0, 0.1) is 0 Å². The van der Waals surface area contributed by atoms with Crippen molar-refractivity contribution in [1.82, 2.24) is 15.2 Å². The first-order valence-electron chi connectivity index (χ1n) is 10.1. The van der Waals surface area contributed by atoms with Gasteiger partial charge in [-0.3, -0.25) is 0 Å². The predicted octanol–water partition coefficient (Wildman–Crippen LogP) is 4.10. The second-order valence-electron chi connectivity index (χ2n) is 8.98. The highest BCUT2D eigenvalue weighted by Crippen LogP contribution is 2.23. The van der Waals surface area contributed by atoms with E-state index in [-0.39, 0.29) is 11.5 Å². The number of esters is 1. The molecule has 178 valence electrons. The number of hydrogen-bond acceptors (Lipinski definition) is 10. The van der Waals surface area contributed by atoms with Gasteiger partial charge >= 0.3 is 18.2 Å². The van der Waals surface area contributed by atoms with Crippen LogP contribution in [-0.2, 0) is 14.2 Å². The first-order chi connectivity index (χ1) is 15.2. The number of imide groups is 1. The van der Waals surface area contributed by atoms with Crippen LogP contribution in [0.15, 0.2) is 30.3 Å². The smallest absolute Gasteiger partial charge is 0.425 e. The molecule has 0 aliphatic rings. The molecule has 2 heterocycles. The third-order valence-electron chi connectivity index (χ3n) is 3.83. The summed E-state index contributed by atoms with van der Waals surface area (Å²) in [5.74, 6) is 0.113. The summed E-state index contributed by atoms with van der Waals surface area (Å²) in [6.07, 6.45) is -1.89. The van der Waals surface area contributed by atoms with Gasteiger partial charge < -0.3 is 19.1 Å². The van der Waals surface area contributed by atoms with Gasteiger partial charge in [-0.1, -0.05) is 6.07 Å². The molecule has 2 aromatic rings. The fraction of sp³-hybridized carbons (Fsp3) is 0.455. The van der Waals surface area contributed by atoms with Crippen LogP contribution < -0.4 is 9.80 Å². The van der Waals surface area contributed by atoms with Crippen LogP contribution in [0.4, 0.5) is 27.0 Å². The van der Waals surface area contributed by atoms with Crippen molar-refractivity contribution in [3.05, 3.63) is 36.0 Å². The Balaban J connectivity index is 2.35. The molecule has 0 saturated heterocycles. The van der Waals surface area contributed by atoms with Gasteiger partial charge in [0, 0.05) is 7.05 Å². The maximum Gasteiger partial charge on any atom is 0.425 e. The molecule has 11 heteroatoms. The van der Waals surface area contributed by atoms with Gasteiger partial charge in [0.15, 0.2) is 17.3 Å². The molecule has 0 fully saturated rings. The molecule has 0 spiro atoms. The fourth-order valence-corrected chi connectivity index (χ4v) is 2.44. The lowest BCUT2D eigenvalue weighted by Crippen LogP contribution is -2.44. The lowest BCUT2D eigenvalue weighted by Gasteiger charge is -2.28. The van der Waals surface area contributed by atoms with E-state index in [1.54, 1.807) is 65.6 Å². The van der Waals surface area contributed by atoms with Gasteiger partial charge in [-0.15, -0.1) is 10.2 Å². The average Bonchev–Trinajstić information content (AvgIpc) is 2.70. The largest absolute Gasteiger partial charge is 0.464 e. The monoisotopic (exact) mass is 459 g/mol. The number of amides is 2. The Kier molecular flexibility index (Phi) is 7.57. The molecule has 2 amide bonds. The molecule has 0 aliphatic carbocycles. The van der Waals surface area contributed by atoms with Gasteiger partial charge in [0.1, 0.15) is 17.0 Å². The molecule has 0 radical (unpaired) electrons. The van der Waals surface area contributed by atoms with E-state index in [1.807, 2.05) is 0 Å². The van der Waals surface area contributed by atoms with Crippen molar-refractivity contribution in [3.63, 3.8) is 0 Å². The number of pyridine rings is 1. The summed E-state index contributed by atoms with van der Waals surface area (Å²) < 4.78 is 15.4. The summed E-state index contributed by atoms with van der Waals surface area (Å²) in [6, 6.07) is 7.82. The summed E-state index contributed by atoms with van der Waals surface area (Å²) in [5, 5.41) is 8.11. The maximum atomic E-state index is 12.7. The predicted molar refractivity (Wildman–Crippen MR) is 121 cm³/mol. The molecule has 0 aromatic carbocycles. The number of ether oxygens (including phenoxy) is 3. The van der Waals surface area contributed by atoms with Crippen molar-refractivity contribution in [2.45, 2.75) is 52.7 Å². The van der Waals surface area contributed by atoms with E-state index in [1.165, 1.54) is 25.3 Å². The van der Waals surface area contributed by atoms with Gasteiger partial charge in [0.25, 0.3) is 0 Å². The highest BCUT2D eigenvalue weighted by molar-refractivity contribution is 6.08. The van der Waals surface area contributed by atoms with Gasteiger partial charge in [-0.2, -0.15) is 4.90 Å². The van der Waals surface area contributed by atoms with E-state index in [4.69, 9.17) is 14.2 Å². The van der Waals surface area contributed by atoms with E-state index >= 15 is 0 Å². The van der Waals surface area contributed by atoms with E-state index in [0.717, 1.165) is 0 Å². The van der Waals surface area contributed by atoms with Crippen LogP contribution >= 0.6 is 0 Å². The highest BCUT2D eigenvalue weighted by Gasteiger charge is 2.34. The summed E-state index contributed by atoms with van der Waals surface area (Å²) in [6.45, 7) is 10.1. The Morgan fingerprint density at radius 3 is 1.76 bits per heavy atom. The number of hydrogen-bond donors (Lipinski definition) is 0. The van der Waals surface area contributed by atoms with Crippen molar-refractivity contribution in [1.29, 1.82) is 0 Å². The average molecular weight is 460 g/mol. The SMILES string of the molecule is COC(=O)c1cccc(N(C)c2ccc(N(C(=O)OC(C)(C)C)C(=O)OC(C)(C)C)nn2)n1. The molecule has 0 unspecified atom stereocenters. The molecule has 0 bridgehead atoms. The molecule has 33 heavy (non-hydrogen) atoms. The Bertz CT molecular complexity index is 983. The first kappa shape index (κ1) is 25.5. The standard InChI is InChI=1S/C22H29N5O6/c1-21(2,3)32-19(29)27(20(30)33-22(4,5)6)17-13-12-16(24-25-17)26(7)15-11-9-10-14(23-15)18(28)31-8/h9-13H,1-8H3. The molecule has 0 N–H and O–H groups in total. The lowest BCUT2D eigenvalue weighted by atomic mass is 10.2. The van der Waals surface area contributed by atoms with Crippen LogP contribution in [0.3, 0.4) is 0 Å². The number of methoxy groups -OCH3 is 1. The molecule has 0 saturated carbocycles. The molecular formula is C22H29N5O6. The number of aromatic nitrogens is 3. The van der Waals surface area contributed by atoms with Crippen molar-refractivity contribution < 1.29 is 28.6 Å². The zero-order valence-corrected chi connectivity index (χ0v) is 20.1. The van der Waals surface area contributed by atoms with Crippen LogP contribution in [-0.4, -0.2) is 58.7 Å². The topological polar surface area (TPSA) is 124 Å². The molecule has 0 atom stereocenters. The van der Waals surface area contributed by atoms with Crippen molar-refractivity contribution in [3.8, 4) is 0 Å². The van der Waals surface area contributed by atoms with Crippen LogP contribution in [0.5, 0.6) is 0 Å². The fourth-order valence-electron chi connectivity index (χ4n) is 2.44. The molecular weight excluding hydrogens is 430 g/mol. The van der Waals surface area contributed by atoms with E-state index in [9.17, 15) is 14.4 Å². The second-order valence-corrected chi connectivity index (χ2v) is 8.98. The summed E-state index contributed by atoms with van der Waals surface area (Å²) in [5.41, 5.74) is -1.56. The van der Waals surface area contributed by atoms with Crippen LogP contribution in [0.1, 0.15) is 52.0 Å². The van der Waals surface area contributed by atoms with E-state index < -0.39 is 29.4 Å². The number of carbonyl (C=O) groups excluding carboxylic acids is 3. The number of rotatable bonds is 4. The summed E-state index contributed by atoms with van der Waals surface area (Å²) >= 11 is 0. The van der Waals surface area contributed by atoms with Crippen LogP contribution in [0.2, 0.25) is 0 Å².